The summed E-state index contributed by atoms with van der Waals surface area (Å²) in [5, 5.41) is 3.44. The molecule has 3 aromatic rings. The first-order valence-electron chi connectivity index (χ1n) is 12.5. The number of hydrogen-bond acceptors (Lipinski definition) is 3. The van der Waals surface area contributed by atoms with E-state index in [9.17, 15) is 0 Å². The van der Waals surface area contributed by atoms with Crippen LogP contribution in [0.15, 0.2) is 103 Å². The second-order valence-corrected chi connectivity index (χ2v) is 9.01. The molecule has 0 bridgehead atoms. The molecule has 0 amide bonds. The summed E-state index contributed by atoms with van der Waals surface area (Å²) in [6, 6.07) is 28.1. The first kappa shape index (κ1) is 23.7. The molecule has 3 nitrogen and oxygen atoms in total. The predicted molar refractivity (Wildman–Crippen MR) is 146 cm³/mol. The zero-order valence-electron chi connectivity index (χ0n) is 20.5. The summed E-state index contributed by atoms with van der Waals surface area (Å²) in [7, 11) is 0. The van der Waals surface area contributed by atoms with Gasteiger partial charge in [-0.2, -0.15) is 0 Å². The van der Waals surface area contributed by atoms with Crippen LogP contribution in [0.3, 0.4) is 0 Å². The third-order valence-corrected chi connectivity index (χ3v) is 6.71. The Balaban J connectivity index is 1.24. The summed E-state index contributed by atoms with van der Waals surface area (Å²) in [6.45, 7) is 8.64. The van der Waals surface area contributed by atoms with Crippen LogP contribution in [-0.2, 0) is 6.42 Å². The third-order valence-electron chi connectivity index (χ3n) is 6.71. The van der Waals surface area contributed by atoms with Gasteiger partial charge < -0.3 is 15.1 Å². The van der Waals surface area contributed by atoms with E-state index in [1.165, 1.54) is 22.4 Å². The van der Waals surface area contributed by atoms with Crippen LogP contribution >= 0.6 is 0 Å². The van der Waals surface area contributed by atoms with Gasteiger partial charge in [0.2, 0.25) is 0 Å². The molecule has 34 heavy (non-hydrogen) atoms. The average molecular weight is 452 g/mol. The largest absolute Gasteiger partial charge is 0.374 e. The Morgan fingerprint density at radius 2 is 1.56 bits per heavy atom. The number of nitrogens with zero attached hydrogens (tertiary/aromatic N) is 2. The summed E-state index contributed by atoms with van der Waals surface area (Å²) in [4.78, 5) is 4.92. The second kappa shape index (κ2) is 12.1. The molecule has 176 valence electrons. The average Bonchev–Trinajstić information content (AvgIpc) is 2.89. The summed E-state index contributed by atoms with van der Waals surface area (Å²) in [6.07, 6.45) is 11.0. The lowest BCUT2D eigenvalue weighted by atomic mass is 9.97. The fraction of sp³-hybridized carbons (Fsp3) is 0.290. The second-order valence-electron chi connectivity index (χ2n) is 9.01. The number of piperazine rings is 1. The van der Waals surface area contributed by atoms with Crippen molar-refractivity contribution in [3.05, 3.63) is 120 Å². The fourth-order valence-corrected chi connectivity index (χ4v) is 4.51. The molecule has 1 saturated heterocycles. The third kappa shape index (κ3) is 6.54. The lowest BCUT2D eigenvalue weighted by Crippen LogP contribution is -2.44. The summed E-state index contributed by atoms with van der Waals surface area (Å²) < 4.78 is 0. The van der Waals surface area contributed by atoms with Crippen LogP contribution in [0, 0.1) is 6.92 Å². The van der Waals surface area contributed by atoms with Crippen LogP contribution in [0.25, 0.3) is 0 Å². The number of benzene rings is 3. The standard InChI is InChI=1S/C31H37N3/c1-3-27(29-12-5-4-6-13-29)19-20-32-30-15-17-31(18-16-30)34-24-22-33(23-25-34)21-9-14-28-11-8-7-10-26(28)2/h4-13,15-21,27,32H,3,14,22-25H2,1-2H3. The molecule has 1 aliphatic rings. The van der Waals surface area contributed by atoms with E-state index in [-0.39, 0.29) is 0 Å². The van der Waals surface area contributed by atoms with Gasteiger partial charge in [0.15, 0.2) is 0 Å². The molecule has 1 unspecified atom stereocenters. The minimum atomic E-state index is 0.440. The molecular formula is C31H37N3. The van der Waals surface area contributed by atoms with Crippen molar-refractivity contribution in [2.45, 2.75) is 32.6 Å². The van der Waals surface area contributed by atoms with Crippen molar-refractivity contribution in [1.82, 2.24) is 4.90 Å². The van der Waals surface area contributed by atoms with E-state index >= 15 is 0 Å². The summed E-state index contributed by atoms with van der Waals surface area (Å²) >= 11 is 0. The van der Waals surface area contributed by atoms with Crippen molar-refractivity contribution in [2.75, 3.05) is 36.4 Å². The minimum absolute atomic E-state index is 0.440. The Bertz CT molecular complexity index is 1060. The molecule has 0 spiro atoms. The number of hydrogen-bond donors (Lipinski definition) is 1. The maximum Gasteiger partial charge on any atom is 0.0381 e. The van der Waals surface area contributed by atoms with Crippen molar-refractivity contribution >= 4 is 11.4 Å². The monoisotopic (exact) mass is 451 g/mol. The van der Waals surface area contributed by atoms with Gasteiger partial charge in [-0.15, -0.1) is 0 Å². The van der Waals surface area contributed by atoms with Crippen molar-refractivity contribution in [3.63, 3.8) is 0 Å². The SMILES string of the molecule is CCC(C=CNc1ccc(N2CCN(C=CCc3ccccc3C)CC2)cc1)c1ccccc1. The zero-order chi connectivity index (χ0) is 23.6. The Morgan fingerprint density at radius 3 is 2.26 bits per heavy atom. The van der Waals surface area contributed by atoms with E-state index in [0.29, 0.717) is 5.92 Å². The topological polar surface area (TPSA) is 18.5 Å². The highest BCUT2D eigenvalue weighted by atomic mass is 15.3. The van der Waals surface area contributed by atoms with Gasteiger partial charge in [-0.25, -0.2) is 0 Å². The van der Waals surface area contributed by atoms with Gasteiger partial charge in [-0.05, 0) is 73.1 Å². The van der Waals surface area contributed by atoms with Gasteiger partial charge >= 0.3 is 0 Å². The van der Waals surface area contributed by atoms with E-state index in [0.717, 1.165) is 44.7 Å². The highest BCUT2D eigenvalue weighted by molar-refractivity contribution is 5.56. The zero-order valence-corrected chi connectivity index (χ0v) is 20.5. The molecular weight excluding hydrogens is 414 g/mol. The first-order valence-corrected chi connectivity index (χ1v) is 12.5. The van der Waals surface area contributed by atoms with Crippen LogP contribution in [0.1, 0.15) is 36.0 Å². The van der Waals surface area contributed by atoms with Crippen molar-refractivity contribution in [1.29, 1.82) is 0 Å². The number of rotatable bonds is 9. The maximum absolute atomic E-state index is 3.44. The van der Waals surface area contributed by atoms with Crippen molar-refractivity contribution in [2.24, 2.45) is 0 Å². The van der Waals surface area contributed by atoms with Crippen LogP contribution in [0.4, 0.5) is 11.4 Å². The predicted octanol–water partition coefficient (Wildman–Crippen LogP) is 6.99. The molecule has 1 fully saturated rings. The molecule has 4 rings (SSSR count). The van der Waals surface area contributed by atoms with Crippen molar-refractivity contribution < 1.29 is 0 Å². The number of nitrogens with one attached hydrogen (secondary N) is 1. The van der Waals surface area contributed by atoms with Crippen LogP contribution < -0.4 is 10.2 Å². The normalized spacial score (nSPS) is 15.2. The van der Waals surface area contributed by atoms with Crippen LogP contribution in [0.5, 0.6) is 0 Å². The quantitative estimate of drug-likeness (QED) is 0.378. The first-order chi connectivity index (χ1) is 16.7. The molecule has 3 heteroatoms. The van der Waals surface area contributed by atoms with Crippen LogP contribution in [-0.4, -0.2) is 31.1 Å². The number of allylic oxidation sites excluding steroid dienone is 2. The Kier molecular flexibility index (Phi) is 8.45. The number of anilines is 2. The van der Waals surface area contributed by atoms with E-state index in [4.69, 9.17) is 0 Å². The molecule has 0 radical (unpaired) electrons. The van der Waals surface area contributed by atoms with E-state index in [1.807, 2.05) is 0 Å². The minimum Gasteiger partial charge on any atom is -0.374 e. The smallest absolute Gasteiger partial charge is 0.0381 e. The Morgan fingerprint density at radius 1 is 0.853 bits per heavy atom. The van der Waals surface area contributed by atoms with Gasteiger partial charge in [0, 0.05) is 43.5 Å². The highest BCUT2D eigenvalue weighted by Gasteiger charge is 2.14. The van der Waals surface area contributed by atoms with E-state index in [1.54, 1.807) is 0 Å². The molecule has 0 aliphatic carbocycles. The van der Waals surface area contributed by atoms with Gasteiger partial charge in [0.1, 0.15) is 0 Å². The van der Waals surface area contributed by atoms with E-state index < -0.39 is 0 Å². The van der Waals surface area contributed by atoms with Gasteiger partial charge in [0.25, 0.3) is 0 Å². The van der Waals surface area contributed by atoms with Crippen LogP contribution in [0.2, 0.25) is 0 Å². The Labute approximate surface area is 205 Å². The lowest BCUT2D eigenvalue weighted by molar-refractivity contribution is 0.348. The molecule has 0 saturated carbocycles. The summed E-state index contributed by atoms with van der Waals surface area (Å²) in [5.41, 5.74) is 6.56. The molecule has 1 N–H and O–H groups in total. The highest BCUT2D eigenvalue weighted by Crippen LogP contribution is 2.22. The van der Waals surface area contributed by atoms with E-state index in [2.05, 4.69) is 132 Å². The fourth-order valence-electron chi connectivity index (χ4n) is 4.51. The van der Waals surface area contributed by atoms with Gasteiger partial charge in [-0.1, -0.05) is 73.7 Å². The maximum atomic E-state index is 3.44. The molecule has 1 aliphatic heterocycles. The molecule has 0 aromatic heterocycles. The molecule has 1 heterocycles. The number of aryl methyl sites for hydroxylation is 1. The summed E-state index contributed by atoms with van der Waals surface area (Å²) in [5.74, 6) is 0.440. The van der Waals surface area contributed by atoms with Gasteiger partial charge in [-0.3, -0.25) is 0 Å². The molecule has 3 aromatic carbocycles. The van der Waals surface area contributed by atoms with Crippen molar-refractivity contribution in [3.8, 4) is 0 Å². The van der Waals surface area contributed by atoms with Gasteiger partial charge in [0.05, 0.1) is 0 Å². The Hall–Kier alpha value is -3.46. The molecule has 1 atom stereocenters. The lowest BCUT2D eigenvalue weighted by Gasteiger charge is -2.35.